The summed E-state index contributed by atoms with van der Waals surface area (Å²) < 4.78 is 5.54. The summed E-state index contributed by atoms with van der Waals surface area (Å²) in [6.07, 6.45) is 3.15. The van der Waals surface area contributed by atoms with Gasteiger partial charge in [0.15, 0.2) is 0 Å². The summed E-state index contributed by atoms with van der Waals surface area (Å²) in [6, 6.07) is 8.27. The van der Waals surface area contributed by atoms with Gasteiger partial charge >= 0.3 is 0 Å². The second kappa shape index (κ2) is 5.48. The van der Waals surface area contributed by atoms with Gasteiger partial charge in [0, 0.05) is 0 Å². The van der Waals surface area contributed by atoms with Crippen LogP contribution in [0.2, 0.25) is 0 Å². The number of ether oxygens (including phenoxy) is 1. The van der Waals surface area contributed by atoms with Crippen molar-refractivity contribution in [2.75, 3.05) is 6.61 Å². The summed E-state index contributed by atoms with van der Waals surface area (Å²) in [7, 11) is 0. The predicted molar refractivity (Wildman–Crippen MR) is 60.7 cm³/mol. The van der Waals surface area contributed by atoms with Crippen LogP contribution in [0, 0.1) is 0 Å². The van der Waals surface area contributed by atoms with Gasteiger partial charge in [0.2, 0.25) is 0 Å². The van der Waals surface area contributed by atoms with Gasteiger partial charge in [-0.2, -0.15) is 0 Å². The van der Waals surface area contributed by atoms with Gasteiger partial charge in [-0.1, -0.05) is 24.6 Å². The fourth-order valence-corrected chi connectivity index (χ4v) is 1.13. The third-order valence-electron chi connectivity index (χ3n) is 2.07. The van der Waals surface area contributed by atoms with Crippen LogP contribution in [-0.2, 0) is 6.42 Å². The van der Waals surface area contributed by atoms with Crippen LogP contribution < -0.4 is 4.74 Å². The molecule has 0 aromatic heterocycles. The highest BCUT2D eigenvalue weighted by molar-refractivity contribution is 5.27. The number of hydrogen-bond acceptors (Lipinski definition) is 1. The summed E-state index contributed by atoms with van der Waals surface area (Å²) in [4.78, 5) is 0. The minimum absolute atomic E-state index is 0.661. The van der Waals surface area contributed by atoms with E-state index in [1.54, 1.807) is 0 Å². The standard InChI is InChI=1S/C13H18O/c1-4-12-5-7-13(8-6-12)14-10-9-11(2)3/h5-9H,4,10H2,1-3H3. The lowest BCUT2D eigenvalue weighted by Gasteiger charge is -2.04. The van der Waals surface area contributed by atoms with Gasteiger partial charge in [0.05, 0.1) is 0 Å². The maximum absolute atomic E-state index is 5.54. The smallest absolute Gasteiger partial charge is 0.119 e. The van der Waals surface area contributed by atoms with Gasteiger partial charge < -0.3 is 4.74 Å². The Kier molecular flexibility index (Phi) is 4.24. The lowest BCUT2D eigenvalue weighted by molar-refractivity contribution is 0.362. The second-order valence-electron chi connectivity index (χ2n) is 3.59. The molecule has 0 unspecified atom stereocenters. The number of benzene rings is 1. The molecule has 0 aliphatic carbocycles. The number of hydrogen-bond donors (Lipinski definition) is 0. The fraction of sp³-hybridized carbons (Fsp3) is 0.385. The molecule has 1 heteroatoms. The molecule has 0 bridgehead atoms. The molecule has 76 valence electrons. The zero-order chi connectivity index (χ0) is 10.4. The summed E-state index contributed by atoms with van der Waals surface area (Å²) in [5.41, 5.74) is 2.63. The molecule has 1 nitrogen and oxygen atoms in total. The lowest BCUT2D eigenvalue weighted by Crippen LogP contribution is -1.94. The molecular weight excluding hydrogens is 172 g/mol. The highest BCUT2D eigenvalue weighted by atomic mass is 16.5. The average Bonchev–Trinajstić information content (AvgIpc) is 2.18. The first-order chi connectivity index (χ1) is 6.72. The molecule has 1 aromatic carbocycles. The third kappa shape index (κ3) is 3.65. The van der Waals surface area contributed by atoms with Gasteiger partial charge in [-0.25, -0.2) is 0 Å². The molecule has 0 saturated heterocycles. The summed E-state index contributed by atoms with van der Waals surface area (Å²) >= 11 is 0. The first-order valence-corrected chi connectivity index (χ1v) is 5.07. The van der Waals surface area contributed by atoms with E-state index in [1.165, 1.54) is 11.1 Å². The van der Waals surface area contributed by atoms with Crippen LogP contribution in [0.15, 0.2) is 35.9 Å². The first-order valence-electron chi connectivity index (χ1n) is 5.07. The molecule has 0 radical (unpaired) electrons. The highest BCUT2D eigenvalue weighted by Gasteiger charge is 1.92. The molecule has 0 atom stereocenters. The van der Waals surface area contributed by atoms with E-state index in [2.05, 4.69) is 39.0 Å². The van der Waals surface area contributed by atoms with E-state index in [9.17, 15) is 0 Å². The van der Waals surface area contributed by atoms with Gasteiger partial charge in [-0.05, 0) is 44.0 Å². The van der Waals surface area contributed by atoms with Crippen LogP contribution in [0.5, 0.6) is 5.75 Å². The molecule has 0 amide bonds. The van der Waals surface area contributed by atoms with Crippen molar-refractivity contribution >= 4 is 0 Å². The van der Waals surface area contributed by atoms with Crippen molar-refractivity contribution in [2.45, 2.75) is 27.2 Å². The molecule has 0 aliphatic heterocycles. The molecular formula is C13H18O. The van der Waals surface area contributed by atoms with Crippen LogP contribution in [0.1, 0.15) is 26.3 Å². The van der Waals surface area contributed by atoms with Gasteiger partial charge in [-0.15, -0.1) is 0 Å². The Labute approximate surface area is 86.4 Å². The fourth-order valence-electron chi connectivity index (χ4n) is 1.13. The van der Waals surface area contributed by atoms with E-state index in [0.29, 0.717) is 6.61 Å². The van der Waals surface area contributed by atoms with Crippen molar-refractivity contribution in [1.29, 1.82) is 0 Å². The summed E-state index contributed by atoms with van der Waals surface area (Å²) in [5, 5.41) is 0. The van der Waals surface area contributed by atoms with E-state index in [0.717, 1.165) is 12.2 Å². The molecule has 14 heavy (non-hydrogen) atoms. The number of rotatable bonds is 4. The lowest BCUT2D eigenvalue weighted by atomic mass is 10.2. The molecule has 0 spiro atoms. The molecule has 0 heterocycles. The quantitative estimate of drug-likeness (QED) is 0.659. The Morgan fingerprint density at radius 1 is 1.21 bits per heavy atom. The molecule has 0 aliphatic rings. The normalized spacial score (nSPS) is 9.64. The maximum atomic E-state index is 5.54. The monoisotopic (exact) mass is 190 g/mol. The van der Waals surface area contributed by atoms with Crippen molar-refractivity contribution in [1.82, 2.24) is 0 Å². The Morgan fingerprint density at radius 2 is 1.86 bits per heavy atom. The number of allylic oxidation sites excluding steroid dienone is 1. The van der Waals surface area contributed by atoms with Crippen molar-refractivity contribution in [2.24, 2.45) is 0 Å². The van der Waals surface area contributed by atoms with Gasteiger partial charge in [0.1, 0.15) is 12.4 Å². The van der Waals surface area contributed by atoms with Crippen molar-refractivity contribution in [3.63, 3.8) is 0 Å². The topological polar surface area (TPSA) is 9.23 Å². The van der Waals surface area contributed by atoms with E-state index in [-0.39, 0.29) is 0 Å². The van der Waals surface area contributed by atoms with Crippen LogP contribution in [-0.4, -0.2) is 6.61 Å². The van der Waals surface area contributed by atoms with Crippen LogP contribution in [0.4, 0.5) is 0 Å². The highest BCUT2D eigenvalue weighted by Crippen LogP contribution is 2.12. The van der Waals surface area contributed by atoms with E-state index >= 15 is 0 Å². The molecule has 0 saturated carbocycles. The summed E-state index contributed by atoms with van der Waals surface area (Å²) in [5.74, 6) is 0.944. The minimum Gasteiger partial charge on any atom is -0.490 e. The zero-order valence-electron chi connectivity index (χ0n) is 9.21. The van der Waals surface area contributed by atoms with Crippen LogP contribution in [0.25, 0.3) is 0 Å². The average molecular weight is 190 g/mol. The molecule has 1 aromatic rings. The first kappa shape index (κ1) is 10.8. The predicted octanol–water partition coefficient (Wildman–Crippen LogP) is 3.59. The van der Waals surface area contributed by atoms with Crippen molar-refractivity contribution < 1.29 is 4.74 Å². The van der Waals surface area contributed by atoms with Crippen LogP contribution in [0.3, 0.4) is 0 Å². The maximum Gasteiger partial charge on any atom is 0.119 e. The second-order valence-corrected chi connectivity index (χ2v) is 3.59. The minimum atomic E-state index is 0.661. The van der Waals surface area contributed by atoms with Crippen LogP contribution >= 0.6 is 0 Å². The molecule has 0 N–H and O–H groups in total. The van der Waals surface area contributed by atoms with E-state index in [4.69, 9.17) is 4.74 Å². The van der Waals surface area contributed by atoms with Crippen molar-refractivity contribution in [3.05, 3.63) is 41.5 Å². The Balaban J connectivity index is 2.48. The Morgan fingerprint density at radius 3 is 2.36 bits per heavy atom. The largest absolute Gasteiger partial charge is 0.490 e. The zero-order valence-corrected chi connectivity index (χ0v) is 9.21. The van der Waals surface area contributed by atoms with Crippen molar-refractivity contribution in [3.8, 4) is 5.75 Å². The van der Waals surface area contributed by atoms with Gasteiger partial charge in [-0.3, -0.25) is 0 Å². The molecule has 0 fully saturated rings. The SMILES string of the molecule is CCc1ccc(OCC=C(C)C)cc1. The Hall–Kier alpha value is -1.24. The Bertz CT molecular complexity index is 292. The van der Waals surface area contributed by atoms with Gasteiger partial charge in [0.25, 0.3) is 0 Å². The van der Waals surface area contributed by atoms with E-state index in [1.807, 2.05) is 12.1 Å². The summed E-state index contributed by atoms with van der Waals surface area (Å²) in [6.45, 7) is 6.96. The third-order valence-corrected chi connectivity index (χ3v) is 2.07. The number of aryl methyl sites for hydroxylation is 1. The molecule has 1 rings (SSSR count). The van der Waals surface area contributed by atoms with E-state index < -0.39 is 0 Å².